The van der Waals surface area contributed by atoms with E-state index in [-0.39, 0.29) is 5.91 Å². The summed E-state index contributed by atoms with van der Waals surface area (Å²) in [6.45, 7) is 2.15. The number of hydrogen-bond donors (Lipinski definition) is 0. The molecule has 0 N–H and O–H groups in total. The standard InChI is InChI=1S/C18H18Cl2N2O/c1-21-8-9-22(12-14-4-2-3-5-17(14)21)18(23)10-13-6-7-15(19)11-16(13)20/h2-7,11H,8-10,12H2,1H3. The molecule has 0 aromatic heterocycles. The predicted molar refractivity (Wildman–Crippen MR) is 95.3 cm³/mol. The fraction of sp³-hybridized carbons (Fsp3) is 0.278. The van der Waals surface area contributed by atoms with Gasteiger partial charge in [0.2, 0.25) is 5.91 Å². The molecule has 2 aromatic rings. The minimum atomic E-state index is 0.0827. The Bertz CT molecular complexity index is 733. The van der Waals surface area contributed by atoms with E-state index in [1.165, 1.54) is 11.3 Å². The first-order valence-corrected chi connectivity index (χ1v) is 8.31. The van der Waals surface area contributed by atoms with Crippen molar-refractivity contribution in [1.82, 2.24) is 4.90 Å². The van der Waals surface area contributed by atoms with Crippen LogP contribution in [0.1, 0.15) is 11.1 Å². The van der Waals surface area contributed by atoms with Gasteiger partial charge in [0.15, 0.2) is 0 Å². The van der Waals surface area contributed by atoms with Crippen LogP contribution in [-0.2, 0) is 17.8 Å². The molecule has 1 amide bonds. The van der Waals surface area contributed by atoms with Gasteiger partial charge in [0, 0.05) is 42.4 Å². The number of carbonyl (C=O) groups is 1. The quantitative estimate of drug-likeness (QED) is 0.818. The number of amides is 1. The molecule has 0 fully saturated rings. The molecule has 120 valence electrons. The molecule has 1 aliphatic heterocycles. The molecule has 1 aliphatic rings. The zero-order chi connectivity index (χ0) is 16.4. The van der Waals surface area contributed by atoms with E-state index in [9.17, 15) is 4.79 Å². The van der Waals surface area contributed by atoms with E-state index in [1.54, 1.807) is 12.1 Å². The second-order valence-electron chi connectivity index (χ2n) is 5.78. The average Bonchev–Trinajstić information content (AvgIpc) is 2.70. The van der Waals surface area contributed by atoms with Gasteiger partial charge in [-0.15, -0.1) is 0 Å². The highest BCUT2D eigenvalue weighted by Gasteiger charge is 2.21. The lowest BCUT2D eigenvalue weighted by Crippen LogP contribution is -2.35. The number of hydrogen-bond acceptors (Lipinski definition) is 2. The molecule has 5 heteroatoms. The summed E-state index contributed by atoms with van der Waals surface area (Å²) in [6, 6.07) is 13.5. The van der Waals surface area contributed by atoms with Crippen molar-refractivity contribution in [3.63, 3.8) is 0 Å². The summed E-state index contributed by atoms with van der Waals surface area (Å²) in [5.41, 5.74) is 3.17. The van der Waals surface area contributed by atoms with Gasteiger partial charge in [0.05, 0.1) is 6.42 Å². The van der Waals surface area contributed by atoms with Crippen LogP contribution in [0, 0.1) is 0 Å². The molecular formula is C18H18Cl2N2O. The SMILES string of the molecule is CN1CCN(C(=O)Cc2ccc(Cl)cc2Cl)Cc2ccccc21. The van der Waals surface area contributed by atoms with Gasteiger partial charge in [-0.1, -0.05) is 47.5 Å². The molecule has 0 radical (unpaired) electrons. The maximum absolute atomic E-state index is 12.7. The van der Waals surface area contributed by atoms with Gasteiger partial charge < -0.3 is 9.80 Å². The van der Waals surface area contributed by atoms with Gasteiger partial charge in [0.1, 0.15) is 0 Å². The summed E-state index contributed by atoms with van der Waals surface area (Å²) >= 11 is 12.1. The highest BCUT2D eigenvalue weighted by atomic mass is 35.5. The van der Waals surface area contributed by atoms with Gasteiger partial charge in [-0.05, 0) is 29.3 Å². The lowest BCUT2D eigenvalue weighted by atomic mass is 10.1. The van der Waals surface area contributed by atoms with Crippen LogP contribution in [0.15, 0.2) is 42.5 Å². The van der Waals surface area contributed by atoms with Gasteiger partial charge in [-0.25, -0.2) is 0 Å². The third-order valence-electron chi connectivity index (χ3n) is 4.18. The molecule has 0 spiro atoms. The molecule has 3 nitrogen and oxygen atoms in total. The van der Waals surface area contributed by atoms with Gasteiger partial charge >= 0.3 is 0 Å². The fourth-order valence-electron chi connectivity index (χ4n) is 2.85. The third-order valence-corrected chi connectivity index (χ3v) is 4.77. The summed E-state index contributed by atoms with van der Waals surface area (Å²) in [5, 5.41) is 1.12. The summed E-state index contributed by atoms with van der Waals surface area (Å²) in [6.07, 6.45) is 0.294. The second-order valence-corrected chi connectivity index (χ2v) is 6.62. The van der Waals surface area contributed by atoms with E-state index in [1.807, 2.05) is 23.1 Å². The summed E-state index contributed by atoms with van der Waals surface area (Å²) in [7, 11) is 2.06. The van der Waals surface area contributed by atoms with Crippen molar-refractivity contribution >= 4 is 34.8 Å². The number of benzene rings is 2. The van der Waals surface area contributed by atoms with Crippen LogP contribution < -0.4 is 4.90 Å². The Kier molecular flexibility index (Phi) is 4.79. The lowest BCUT2D eigenvalue weighted by Gasteiger charge is -2.21. The molecule has 0 saturated heterocycles. The molecule has 0 saturated carbocycles. The number of likely N-dealkylation sites (N-methyl/N-ethyl adjacent to an activating group) is 1. The lowest BCUT2D eigenvalue weighted by molar-refractivity contribution is -0.130. The molecule has 3 rings (SSSR count). The Hall–Kier alpha value is -1.71. The maximum Gasteiger partial charge on any atom is 0.227 e. The van der Waals surface area contributed by atoms with Crippen molar-refractivity contribution in [2.45, 2.75) is 13.0 Å². The molecule has 23 heavy (non-hydrogen) atoms. The van der Waals surface area contributed by atoms with Crippen molar-refractivity contribution in [2.75, 3.05) is 25.0 Å². The number of halogens is 2. The van der Waals surface area contributed by atoms with Crippen molar-refractivity contribution in [1.29, 1.82) is 0 Å². The zero-order valence-electron chi connectivity index (χ0n) is 12.9. The predicted octanol–water partition coefficient (Wildman–Crippen LogP) is 4.01. The van der Waals surface area contributed by atoms with Gasteiger partial charge in [-0.2, -0.15) is 0 Å². The van der Waals surface area contributed by atoms with E-state index < -0.39 is 0 Å². The van der Waals surface area contributed by atoms with Crippen molar-refractivity contribution in [3.8, 4) is 0 Å². The van der Waals surface area contributed by atoms with E-state index in [0.717, 1.165) is 12.1 Å². The van der Waals surface area contributed by atoms with Crippen LogP contribution in [0.3, 0.4) is 0 Å². The molecule has 0 unspecified atom stereocenters. The van der Waals surface area contributed by atoms with E-state index in [0.29, 0.717) is 29.6 Å². The van der Waals surface area contributed by atoms with Gasteiger partial charge in [-0.3, -0.25) is 4.79 Å². The minimum absolute atomic E-state index is 0.0827. The average molecular weight is 349 g/mol. The van der Waals surface area contributed by atoms with E-state index in [2.05, 4.69) is 24.1 Å². The van der Waals surface area contributed by atoms with E-state index in [4.69, 9.17) is 23.2 Å². The number of anilines is 1. The Morgan fingerprint density at radius 1 is 1.13 bits per heavy atom. The molecule has 2 aromatic carbocycles. The number of fused-ring (bicyclic) bond motifs is 1. The summed E-state index contributed by atoms with van der Waals surface area (Å²) < 4.78 is 0. The van der Waals surface area contributed by atoms with Crippen molar-refractivity contribution in [3.05, 3.63) is 63.6 Å². The fourth-order valence-corrected chi connectivity index (χ4v) is 3.32. The number of para-hydroxylation sites is 1. The molecule has 1 heterocycles. The molecule has 0 bridgehead atoms. The first kappa shape index (κ1) is 16.2. The minimum Gasteiger partial charge on any atom is -0.373 e. The third kappa shape index (κ3) is 3.62. The number of nitrogens with zero attached hydrogens (tertiary/aromatic N) is 2. The van der Waals surface area contributed by atoms with Crippen LogP contribution in [0.5, 0.6) is 0 Å². The Morgan fingerprint density at radius 3 is 2.70 bits per heavy atom. The maximum atomic E-state index is 12.7. The Balaban J connectivity index is 1.78. The largest absolute Gasteiger partial charge is 0.373 e. The van der Waals surface area contributed by atoms with Crippen LogP contribution in [0.2, 0.25) is 10.0 Å². The van der Waals surface area contributed by atoms with Crippen LogP contribution in [-0.4, -0.2) is 30.9 Å². The summed E-state index contributed by atoms with van der Waals surface area (Å²) in [5.74, 6) is 0.0827. The monoisotopic (exact) mass is 348 g/mol. The van der Waals surface area contributed by atoms with Crippen LogP contribution >= 0.6 is 23.2 Å². The topological polar surface area (TPSA) is 23.6 Å². The first-order valence-electron chi connectivity index (χ1n) is 7.55. The smallest absolute Gasteiger partial charge is 0.227 e. The number of rotatable bonds is 2. The highest BCUT2D eigenvalue weighted by Crippen LogP contribution is 2.25. The Morgan fingerprint density at radius 2 is 1.91 bits per heavy atom. The Labute approximate surface area is 146 Å². The first-order chi connectivity index (χ1) is 11.0. The van der Waals surface area contributed by atoms with Crippen molar-refractivity contribution < 1.29 is 4.79 Å². The van der Waals surface area contributed by atoms with Crippen LogP contribution in [0.25, 0.3) is 0 Å². The number of carbonyl (C=O) groups excluding carboxylic acids is 1. The molecule has 0 atom stereocenters. The van der Waals surface area contributed by atoms with Crippen LogP contribution in [0.4, 0.5) is 5.69 Å². The highest BCUT2D eigenvalue weighted by molar-refractivity contribution is 6.35. The normalized spacial score (nSPS) is 14.4. The molecular weight excluding hydrogens is 331 g/mol. The zero-order valence-corrected chi connectivity index (χ0v) is 14.4. The van der Waals surface area contributed by atoms with Gasteiger partial charge in [0.25, 0.3) is 0 Å². The van der Waals surface area contributed by atoms with E-state index >= 15 is 0 Å². The van der Waals surface area contributed by atoms with Crippen molar-refractivity contribution in [2.24, 2.45) is 0 Å². The second kappa shape index (κ2) is 6.81. The molecule has 0 aliphatic carbocycles. The summed E-state index contributed by atoms with van der Waals surface area (Å²) in [4.78, 5) is 16.8.